The van der Waals surface area contributed by atoms with Crippen molar-refractivity contribution < 1.29 is 0 Å². The van der Waals surface area contributed by atoms with Crippen molar-refractivity contribution in [2.45, 2.75) is 19.9 Å². The third kappa shape index (κ3) is 2.43. The molecule has 2 heterocycles. The van der Waals surface area contributed by atoms with Gasteiger partial charge in [0.1, 0.15) is 0 Å². The summed E-state index contributed by atoms with van der Waals surface area (Å²) in [6.07, 6.45) is 1.20. The van der Waals surface area contributed by atoms with Crippen molar-refractivity contribution >= 4 is 10.9 Å². The Bertz CT molecular complexity index is 632. The summed E-state index contributed by atoms with van der Waals surface area (Å²) in [6, 6.07) is 11.7. The number of rotatable bonds is 3. The van der Waals surface area contributed by atoms with Gasteiger partial charge in [-0.3, -0.25) is 4.79 Å². The predicted octanol–water partition coefficient (Wildman–Crippen LogP) is 2.34. The lowest BCUT2D eigenvalue weighted by atomic mass is 10.1. The van der Waals surface area contributed by atoms with Gasteiger partial charge in [-0.15, -0.1) is 0 Å². The number of fused-ring (bicyclic) bond motifs is 1. The molecule has 1 aromatic carbocycles. The van der Waals surface area contributed by atoms with Crippen molar-refractivity contribution in [3.63, 3.8) is 0 Å². The van der Waals surface area contributed by atoms with Gasteiger partial charge in [0, 0.05) is 19.2 Å². The standard InChI is InChI=1S/C16H20N2O/c1-2-17-10-9-13(11-17)12-18-15-6-4-3-5-14(15)7-8-16(18)19/h3-8,13H,2,9-12H2,1H3/t13-/m0/s1. The Kier molecular flexibility index (Phi) is 3.38. The number of aromatic nitrogens is 1. The fourth-order valence-electron chi connectivity index (χ4n) is 3.04. The summed E-state index contributed by atoms with van der Waals surface area (Å²) in [7, 11) is 0. The second kappa shape index (κ2) is 5.17. The van der Waals surface area contributed by atoms with Crippen LogP contribution in [0.1, 0.15) is 13.3 Å². The molecule has 0 saturated carbocycles. The van der Waals surface area contributed by atoms with Crippen molar-refractivity contribution in [3.05, 3.63) is 46.8 Å². The van der Waals surface area contributed by atoms with Gasteiger partial charge in [-0.25, -0.2) is 0 Å². The van der Waals surface area contributed by atoms with E-state index >= 15 is 0 Å². The molecule has 2 aromatic rings. The molecule has 1 aromatic heterocycles. The smallest absolute Gasteiger partial charge is 0.251 e. The highest BCUT2D eigenvalue weighted by Gasteiger charge is 2.22. The van der Waals surface area contributed by atoms with Gasteiger partial charge in [0.05, 0.1) is 5.52 Å². The van der Waals surface area contributed by atoms with Crippen molar-refractivity contribution in [2.24, 2.45) is 5.92 Å². The van der Waals surface area contributed by atoms with Gasteiger partial charge in [-0.2, -0.15) is 0 Å². The molecule has 3 nitrogen and oxygen atoms in total. The Morgan fingerprint density at radius 1 is 1.21 bits per heavy atom. The molecule has 0 bridgehead atoms. The number of nitrogens with zero attached hydrogens (tertiary/aromatic N) is 2. The number of para-hydroxylation sites is 1. The van der Waals surface area contributed by atoms with Crippen LogP contribution in [0.3, 0.4) is 0 Å². The summed E-state index contributed by atoms with van der Waals surface area (Å²) in [6.45, 7) is 6.44. The first-order chi connectivity index (χ1) is 9.28. The molecule has 1 aliphatic rings. The van der Waals surface area contributed by atoms with Crippen LogP contribution in [0.15, 0.2) is 41.2 Å². The minimum absolute atomic E-state index is 0.119. The van der Waals surface area contributed by atoms with Crippen LogP contribution in [-0.2, 0) is 6.54 Å². The van der Waals surface area contributed by atoms with Crippen LogP contribution in [0.2, 0.25) is 0 Å². The summed E-state index contributed by atoms with van der Waals surface area (Å²) >= 11 is 0. The van der Waals surface area contributed by atoms with E-state index in [1.165, 1.54) is 13.0 Å². The molecule has 1 saturated heterocycles. The lowest BCUT2D eigenvalue weighted by Crippen LogP contribution is -2.26. The zero-order valence-electron chi connectivity index (χ0n) is 11.4. The highest BCUT2D eigenvalue weighted by atomic mass is 16.1. The molecule has 1 atom stereocenters. The lowest BCUT2D eigenvalue weighted by Gasteiger charge is -2.16. The summed E-state index contributed by atoms with van der Waals surface area (Å²) in [5, 5.41) is 1.15. The fourth-order valence-corrected chi connectivity index (χ4v) is 3.04. The van der Waals surface area contributed by atoms with Gasteiger partial charge >= 0.3 is 0 Å². The zero-order chi connectivity index (χ0) is 13.2. The third-order valence-corrected chi connectivity index (χ3v) is 4.16. The molecule has 100 valence electrons. The quantitative estimate of drug-likeness (QED) is 0.842. The summed E-state index contributed by atoms with van der Waals surface area (Å²) < 4.78 is 1.94. The summed E-state index contributed by atoms with van der Waals surface area (Å²) in [4.78, 5) is 14.6. The second-order valence-corrected chi connectivity index (χ2v) is 5.39. The molecule has 0 N–H and O–H groups in total. The van der Waals surface area contributed by atoms with Crippen LogP contribution in [0.5, 0.6) is 0 Å². The van der Waals surface area contributed by atoms with E-state index < -0.39 is 0 Å². The van der Waals surface area contributed by atoms with Crippen LogP contribution in [0.25, 0.3) is 10.9 Å². The van der Waals surface area contributed by atoms with Gasteiger partial charge in [-0.05, 0) is 42.9 Å². The first-order valence-corrected chi connectivity index (χ1v) is 7.09. The molecule has 1 aliphatic heterocycles. The average molecular weight is 256 g/mol. The molecular formula is C16H20N2O. The van der Waals surface area contributed by atoms with Gasteiger partial charge in [0.2, 0.25) is 0 Å². The first kappa shape index (κ1) is 12.4. The van der Waals surface area contributed by atoms with Crippen molar-refractivity contribution in [3.8, 4) is 0 Å². The monoisotopic (exact) mass is 256 g/mol. The number of benzene rings is 1. The van der Waals surface area contributed by atoms with E-state index in [-0.39, 0.29) is 5.56 Å². The highest BCUT2D eigenvalue weighted by Crippen LogP contribution is 2.19. The SMILES string of the molecule is CCN1CC[C@H](Cn2c(=O)ccc3ccccc32)C1. The van der Waals surface area contributed by atoms with E-state index in [0.717, 1.165) is 30.5 Å². The molecule has 0 unspecified atom stereocenters. The van der Waals surface area contributed by atoms with E-state index in [4.69, 9.17) is 0 Å². The van der Waals surface area contributed by atoms with Gasteiger partial charge < -0.3 is 9.47 Å². The molecular weight excluding hydrogens is 236 g/mol. The topological polar surface area (TPSA) is 25.2 Å². The summed E-state index contributed by atoms with van der Waals surface area (Å²) in [5.41, 5.74) is 1.18. The van der Waals surface area contributed by atoms with Crippen LogP contribution in [0.4, 0.5) is 0 Å². The van der Waals surface area contributed by atoms with E-state index in [9.17, 15) is 4.79 Å². The van der Waals surface area contributed by atoms with Gasteiger partial charge in [0.15, 0.2) is 0 Å². The minimum Gasteiger partial charge on any atom is -0.308 e. The van der Waals surface area contributed by atoms with Crippen molar-refractivity contribution in [1.29, 1.82) is 0 Å². The maximum absolute atomic E-state index is 12.1. The Labute approximate surface area is 113 Å². The number of hydrogen-bond donors (Lipinski definition) is 0. The zero-order valence-corrected chi connectivity index (χ0v) is 11.4. The fraction of sp³-hybridized carbons (Fsp3) is 0.438. The van der Waals surface area contributed by atoms with Gasteiger partial charge in [-0.1, -0.05) is 25.1 Å². The normalized spacial score (nSPS) is 20.2. The maximum Gasteiger partial charge on any atom is 0.251 e. The number of hydrogen-bond acceptors (Lipinski definition) is 2. The number of likely N-dealkylation sites (tertiary alicyclic amines) is 1. The van der Waals surface area contributed by atoms with Crippen LogP contribution < -0.4 is 5.56 Å². The second-order valence-electron chi connectivity index (χ2n) is 5.39. The Morgan fingerprint density at radius 2 is 2.05 bits per heavy atom. The molecule has 0 amide bonds. The maximum atomic E-state index is 12.1. The van der Waals surface area contributed by atoms with E-state index in [1.54, 1.807) is 6.07 Å². The van der Waals surface area contributed by atoms with E-state index in [1.807, 2.05) is 28.8 Å². The van der Waals surface area contributed by atoms with Crippen molar-refractivity contribution in [1.82, 2.24) is 9.47 Å². The molecule has 19 heavy (non-hydrogen) atoms. The molecule has 0 aliphatic carbocycles. The Balaban J connectivity index is 1.92. The minimum atomic E-state index is 0.119. The molecule has 3 heteroatoms. The lowest BCUT2D eigenvalue weighted by molar-refractivity contribution is 0.333. The first-order valence-electron chi connectivity index (χ1n) is 7.09. The molecule has 0 radical (unpaired) electrons. The molecule has 1 fully saturated rings. The predicted molar refractivity (Wildman–Crippen MR) is 78.4 cm³/mol. The molecule has 3 rings (SSSR count). The largest absolute Gasteiger partial charge is 0.308 e. The van der Waals surface area contributed by atoms with E-state index in [2.05, 4.69) is 17.9 Å². The average Bonchev–Trinajstić information content (AvgIpc) is 2.90. The van der Waals surface area contributed by atoms with Crippen LogP contribution in [0, 0.1) is 5.92 Å². The van der Waals surface area contributed by atoms with E-state index in [0.29, 0.717) is 5.92 Å². The Morgan fingerprint density at radius 3 is 2.84 bits per heavy atom. The van der Waals surface area contributed by atoms with Crippen molar-refractivity contribution in [2.75, 3.05) is 19.6 Å². The van der Waals surface area contributed by atoms with Crippen LogP contribution >= 0.6 is 0 Å². The molecule has 0 spiro atoms. The Hall–Kier alpha value is -1.61. The highest BCUT2D eigenvalue weighted by molar-refractivity contribution is 5.78. The van der Waals surface area contributed by atoms with Gasteiger partial charge in [0.25, 0.3) is 5.56 Å². The third-order valence-electron chi connectivity index (χ3n) is 4.16. The summed E-state index contributed by atoms with van der Waals surface area (Å²) in [5.74, 6) is 0.600. The van der Waals surface area contributed by atoms with Crippen LogP contribution in [-0.4, -0.2) is 29.1 Å². The number of pyridine rings is 1.